The van der Waals surface area contributed by atoms with Crippen LogP contribution in [0, 0.1) is 0 Å². The van der Waals surface area contributed by atoms with Gasteiger partial charge in [0.25, 0.3) is 0 Å². The van der Waals surface area contributed by atoms with Crippen molar-refractivity contribution in [1.82, 2.24) is 0 Å². The first-order chi connectivity index (χ1) is 8.98. The molecular weight excluding hydrogens is 242 g/mol. The molecule has 0 aliphatic rings. The molecule has 2 N–H and O–H groups in total. The summed E-state index contributed by atoms with van der Waals surface area (Å²) in [6, 6.07) is 7.61. The molecular formula is C15H25NO3. The van der Waals surface area contributed by atoms with Gasteiger partial charge >= 0.3 is 0 Å². The summed E-state index contributed by atoms with van der Waals surface area (Å²) in [6.45, 7) is 5.21. The Balaban J connectivity index is 2.36. The van der Waals surface area contributed by atoms with Gasteiger partial charge in [-0.25, -0.2) is 0 Å². The Kier molecular flexibility index (Phi) is 6.28. The van der Waals surface area contributed by atoms with E-state index in [9.17, 15) is 0 Å². The fraction of sp³-hybridized carbons (Fsp3) is 0.600. The van der Waals surface area contributed by atoms with Crippen LogP contribution in [0.4, 0.5) is 0 Å². The highest BCUT2D eigenvalue weighted by atomic mass is 16.5. The van der Waals surface area contributed by atoms with Crippen molar-refractivity contribution >= 4 is 0 Å². The smallest absolute Gasteiger partial charge is 0.119 e. The van der Waals surface area contributed by atoms with Gasteiger partial charge in [-0.05, 0) is 38.0 Å². The molecule has 0 fully saturated rings. The molecule has 0 saturated carbocycles. The summed E-state index contributed by atoms with van der Waals surface area (Å²) in [7, 11) is 3.36. The van der Waals surface area contributed by atoms with Crippen LogP contribution in [0.25, 0.3) is 0 Å². The topological polar surface area (TPSA) is 53.7 Å². The summed E-state index contributed by atoms with van der Waals surface area (Å²) in [5, 5.41) is 0. The quantitative estimate of drug-likeness (QED) is 0.735. The fourth-order valence-corrected chi connectivity index (χ4v) is 1.60. The van der Waals surface area contributed by atoms with Gasteiger partial charge in [0.05, 0.1) is 25.4 Å². The molecule has 19 heavy (non-hydrogen) atoms. The second kappa shape index (κ2) is 7.48. The van der Waals surface area contributed by atoms with Crippen LogP contribution < -0.4 is 10.5 Å². The van der Waals surface area contributed by atoms with Crippen LogP contribution in [0.5, 0.6) is 5.75 Å². The molecule has 1 atom stereocenters. The van der Waals surface area contributed by atoms with Gasteiger partial charge in [0.2, 0.25) is 0 Å². The molecule has 0 heterocycles. The van der Waals surface area contributed by atoms with Crippen molar-refractivity contribution in [3.63, 3.8) is 0 Å². The van der Waals surface area contributed by atoms with E-state index in [0.717, 1.165) is 17.7 Å². The van der Waals surface area contributed by atoms with Crippen LogP contribution in [-0.4, -0.2) is 33.0 Å². The number of hydrogen-bond acceptors (Lipinski definition) is 4. The first kappa shape index (κ1) is 16.0. The number of benzene rings is 1. The average Bonchev–Trinajstić information content (AvgIpc) is 2.43. The highest BCUT2D eigenvalue weighted by molar-refractivity contribution is 5.30. The lowest BCUT2D eigenvalue weighted by molar-refractivity contribution is -0.0113. The summed E-state index contributed by atoms with van der Waals surface area (Å²) in [6.07, 6.45) is 0.842. The number of methoxy groups -OCH3 is 2. The zero-order chi connectivity index (χ0) is 14.3. The molecule has 1 rings (SSSR count). The zero-order valence-electron chi connectivity index (χ0n) is 12.3. The van der Waals surface area contributed by atoms with E-state index >= 15 is 0 Å². The molecule has 0 aromatic heterocycles. The molecule has 0 radical (unpaired) electrons. The number of hydrogen-bond donors (Lipinski definition) is 1. The second-order valence-electron chi connectivity index (χ2n) is 5.17. The largest absolute Gasteiger partial charge is 0.497 e. The standard InChI is InChI=1S/C15H25NO3/c1-15(2,18-4)8-9-19-11-14(16)12-6-5-7-13(10-12)17-3/h5-7,10,14H,8-9,11,16H2,1-4H3. The molecule has 1 aromatic rings. The average molecular weight is 267 g/mol. The highest BCUT2D eigenvalue weighted by Crippen LogP contribution is 2.18. The molecule has 0 spiro atoms. The predicted octanol–water partition coefficient (Wildman–Crippen LogP) is 2.53. The maximum absolute atomic E-state index is 6.09. The van der Waals surface area contributed by atoms with Crippen molar-refractivity contribution in [3.05, 3.63) is 29.8 Å². The van der Waals surface area contributed by atoms with E-state index in [1.54, 1.807) is 14.2 Å². The number of nitrogens with two attached hydrogens (primary N) is 1. The molecule has 1 aromatic carbocycles. The Morgan fingerprint density at radius 2 is 2.00 bits per heavy atom. The van der Waals surface area contributed by atoms with Crippen molar-refractivity contribution in [3.8, 4) is 5.75 Å². The monoisotopic (exact) mass is 267 g/mol. The molecule has 4 nitrogen and oxygen atoms in total. The van der Waals surface area contributed by atoms with E-state index in [2.05, 4.69) is 0 Å². The van der Waals surface area contributed by atoms with E-state index in [1.165, 1.54) is 0 Å². The lowest BCUT2D eigenvalue weighted by Crippen LogP contribution is -2.25. The Hall–Kier alpha value is -1.10. The lowest BCUT2D eigenvalue weighted by Gasteiger charge is -2.23. The van der Waals surface area contributed by atoms with Crippen molar-refractivity contribution in [2.45, 2.75) is 31.9 Å². The third-order valence-electron chi connectivity index (χ3n) is 3.22. The van der Waals surface area contributed by atoms with Crippen LogP contribution in [0.3, 0.4) is 0 Å². The predicted molar refractivity (Wildman–Crippen MR) is 76.4 cm³/mol. The third kappa shape index (κ3) is 5.59. The Labute approximate surface area is 115 Å². The van der Waals surface area contributed by atoms with Gasteiger partial charge in [0.15, 0.2) is 0 Å². The molecule has 0 saturated heterocycles. The molecule has 0 amide bonds. The summed E-state index contributed by atoms with van der Waals surface area (Å²) >= 11 is 0. The van der Waals surface area contributed by atoms with Gasteiger partial charge in [-0.3, -0.25) is 0 Å². The van der Waals surface area contributed by atoms with Gasteiger partial charge in [-0.1, -0.05) is 12.1 Å². The Morgan fingerprint density at radius 1 is 1.26 bits per heavy atom. The van der Waals surface area contributed by atoms with Crippen molar-refractivity contribution < 1.29 is 14.2 Å². The zero-order valence-corrected chi connectivity index (χ0v) is 12.3. The highest BCUT2D eigenvalue weighted by Gasteiger charge is 2.16. The summed E-state index contributed by atoms with van der Waals surface area (Å²) in [5.41, 5.74) is 6.96. The van der Waals surface area contributed by atoms with Crippen molar-refractivity contribution in [2.75, 3.05) is 27.4 Å². The summed E-state index contributed by atoms with van der Waals surface area (Å²) in [4.78, 5) is 0. The minimum atomic E-state index is -0.153. The van der Waals surface area contributed by atoms with Crippen LogP contribution in [0.1, 0.15) is 31.9 Å². The Bertz CT molecular complexity index is 379. The maximum atomic E-state index is 6.09. The summed E-state index contributed by atoms with van der Waals surface area (Å²) < 4.78 is 16.1. The van der Waals surface area contributed by atoms with Crippen LogP contribution in [-0.2, 0) is 9.47 Å². The van der Waals surface area contributed by atoms with Crippen LogP contribution in [0.15, 0.2) is 24.3 Å². The van der Waals surface area contributed by atoms with E-state index in [1.807, 2.05) is 38.1 Å². The molecule has 0 bridgehead atoms. The van der Waals surface area contributed by atoms with Crippen molar-refractivity contribution in [2.24, 2.45) is 5.73 Å². The normalized spacial score (nSPS) is 13.3. The van der Waals surface area contributed by atoms with Crippen LogP contribution >= 0.6 is 0 Å². The van der Waals surface area contributed by atoms with Gasteiger partial charge in [0, 0.05) is 13.7 Å². The molecule has 4 heteroatoms. The SMILES string of the molecule is COc1cccc(C(N)COCCC(C)(C)OC)c1. The molecule has 108 valence electrons. The van der Waals surface area contributed by atoms with E-state index < -0.39 is 0 Å². The first-order valence-electron chi connectivity index (χ1n) is 6.51. The first-order valence-corrected chi connectivity index (χ1v) is 6.51. The molecule has 0 aliphatic carbocycles. The minimum Gasteiger partial charge on any atom is -0.497 e. The Morgan fingerprint density at radius 3 is 2.63 bits per heavy atom. The van der Waals surface area contributed by atoms with Crippen molar-refractivity contribution in [1.29, 1.82) is 0 Å². The van der Waals surface area contributed by atoms with Gasteiger partial charge in [-0.2, -0.15) is 0 Å². The van der Waals surface area contributed by atoms with E-state index in [0.29, 0.717) is 13.2 Å². The number of rotatable bonds is 8. The van der Waals surface area contributed by atoms with Gasteiger partial charge in [-0.15, -0.1) is 0 Å². The maximum Gasteiger partial charge on any atom is 0.119 e. The second-order valence-corrected chi connectivity index (χ2v) is 5.17. The van der Waals surface area contributed by atoms with E-state index in [4.69, 9.17) is 19.9 Å². The van der Waals surface area contributed by atoms with Crippen LogP contribution in [0.2, 0.25) is 0 Å². The molecule has 0 aliphatic heterocycles. The minimum absolute atomic E-state index is 0.138. The number of ether oxygens (including phenoxy) is 3. The lowest BCUT2D eigenvalue weighted by atomic mass is 10.1. The van der Waals surface area contributed by atoms with Gasteiger partial charge < -0.3 is 19.9 Å². The van der Waals surface area contributed by atoms with E-state index in [-0.39, 0.29) is 11.6 Å². The third-order valence-corrected chi connectivity index (χ3v) is 3.22. The summed E-state index contributed by atoms with van der Waals surface area (Å²) in [5.74, 6) is 0.813. The van der Waals surface area contributed by atoms with Gasteiger partial charge in [0.1, 0.15) is 5.75 Å². The molecule has 1 unspecified atom stereocenters. The fourth-order valence-electron chi connectivity index (χ4n) is 1.60.